The van der Waals surface area contributed by atoms with Crippen molar-refractivity contribution in [3.8, 4) is 11.1 Å². The van der Waals surface area contributed by atoms with E-state index in [1.165, 1.54) is 11.3 Å². The van der Waals surface area contributed by atoms with Gasteiger partial charge in [-0.1, -0.05) is 30.3 Å². The average Bonchev–Trinajstić information content (AvgIpc) is 3.28. The topological polar surface area (TPSA) is 87.7 Å². The van der Waals surface area contributed by atoms with Gasteiger partial charge in [0.25, 0.3) is 5.91 Å². The number of ether oxygens (including phenoxy) is 1. The SMILES string of the molecule is CCS(=O)(=O)Nc1ccc(NC(=O)c2cc(-c3ccccc3)c(N3CCOCC3)s2)cc1C. The quantitative estimate of drug-likeness (QED) is 0.512. The van der Waals surface area contributed by atoms with Crippen LogP contribution < -0.4 is 14.9 Å². The summed E-state index contributed by atoms with van der Waals surface area (Å²) in [6.45, 7) is 6.30. The smallest absolute Gasteiger partial charge is 0.265 e. The fourth-order valence-corrected chi connectivity index (χ4v) is 5.44. The van der Waals surface area contributed by atoms with E-state index < -0.39 is 10.0 Å². The predicted octanol–water partition coefficient (Wildman–Crippen LogP) is 4.57. The summed E-state index contributed by atoms with van der Waals surface area (Å²) in [5.41, 5.74) is 3.95. The minimum Gasteiger partial charge on any atom is -0.378 e. The lowest BCUT2D eigenvalue weighted by molar-refractivity contribution is 0.103. The zero-order chi connectivity index (χ0) is 23.4. The third kappa shape index (κ3) is 5.55. The lowest BCUT2D eigenvalue weighted by Crippen LogP contribution is -2.35. The maximum atomic E-state index is 13.1. The van der Waals surface area contributed by atoms with Crippen molar-refractivity contribution in [3.05, 3.63) is 65.0 Å². The molecule has 9 heteroatoms. The number of rotatable bonds is 7. The van der Waals surface area contributed by atoms with Gasteiger partial charge < -0.3 is 15.0 Å². The Hall–Kier alpha value is -2.88. The number of carbonyl (C=O) groups is 1. The standard InChI is InChI=1S/C24H27N3O4S2/c1-3-33(29,30)26-21-10-9-19(15-17(21)2)25-23(28)22-16-20(18-7-5-4-6-8-18)24(32-22)27-11-13-31-14-12-27/h4-10,15-16,26H,3,11-14H2,1-2H3,(H,25,28). The normalized spacial score (nSPS) is 14.2. The fourth-order valence-electron chi connectivity index (χ4n) is 3.61. The molecule has 0 radical (unpaired) electrons. The zero-order valence-electron chi connectivity index (χ0n) is 18.6. The van der Waals surface area contributed by atoms with Crippen molar-refractivity contribution in [2.24, 2.45) is 0 Å². The molecular formula is C24H27N3O4S2. The first-order valence-electron chi connectivity index (χ1n) is 10.8. The van der Waals surface area contributed by atoms with Crippen LogP contribution in [-0.4, -0.2) is 46.4 Å². The second-order valence-corrected chi connectivity index (χ2v) is 10.8. The highest BCUT2D eigenvalue weighted by Crippen LogP contribution is 2.39. The molecule has 0 atom stereocenters. The maximum Gasteiger partial charge on any atom is 0.265 e. The van der Waals surface area contributed by atoms with Crippen molar-refractivity contribution in [1.29, 1.82) is 0 Å². The van der Waals surface area contributed by atoms with Crippen LogP contribution in [0, 0.1) is 6.92 Å². The van der Waals surface area contributed by atoms with Gasteiger partial charge in [0.2, 0.25) is 10.0 Å². The van der Waals surface area contributed by atoms with Gasteiger partial charge in [-0.2, -0.15) is 0 Å². The summed E-state index contributed by atoms with van der Waals surface area (Å²) in [7, 11) is -3.36. The molecule has 7 nitrogen and oxygen atoms in total. The van der Waals surface area contributed by atoms with Gasteiger partial charge in [-0.3, -0.25) is 9.52 Å². The monoisotopic (exact) mass is 485 g/mol. The van der Waals surface area contributed by atoms with Crippen LogP contribution in [0.25, 0.3) is 11.1 Å². The van der Waals surface area contributed by atoms with Gasteiger partial charge in [0.05, 0.1) is 34.5 Å². The number of hydrogen-bond acceptors (Lipinski definition) is 6. The third-order valence-corrected chi connectivity index (χ3v) is 7.93. The van der Waals surface area contributed by atoms with Crippen LogP contribution in [0.2, 0.25) is 0 Å². The average molecular weight is 486 g/mol. The van der Waals surface area contributed by atoms with Gasteiger partial charge in [-0.15, -0.1) is 11.3 Å². The molecule has 1 aliphatic rings. The first-order valence-corrected chi connectivity index (χ1v) is 13.3. The van der Waals surface area contributed by atoms with Crippen LogP contribution in [0.4, 0.5) is 16.4 Å². The number of sulfonamides is 1. The van der Waals surface area contributed by atoms with Gasteiger partial charge in [0.15, 0.2) is 0 Å². The van der Waals surface area contributed by atoms with Crippen LogP contribution in [0.3, 0.4) is 0 Å². The molecular weight excluding hydrogens is 458 g/mol. The summed E-state index contributed by atoms with van der Waals surface area (Å²) < 4.78 is 31.8. The second-order valence-electron chi connectivity index (χ2n) is 7.78. The van der Waals surface area contributed by atoms with Crippen LogP contribution >= 0.6 is 11.3 Å². The Morgan fingerprint density at radius 3 is 2.48 bits per heavy atom. The zero-order valence-corrected chi connectivity index (χ0v) is 20.3. The molecule has 33 heavy (non-hydrogen) atoms. The second kappa shape index (κ2) is 9.94. The van der Waals surface area contributed by atoms with E-state index in [1.54, 1.807) is 32.0 Å². The molecule has 1 aliphatic heterocycles. The highest BCUT2D eigenvalue weighted by Gasteiger charge is 2.22. The van der Waals surface area contributed by atoms with Crippen molar-refractivity contribution in [1.82, 2.24) is 0 Å². The lowest BCUT2D eigenvalue weighted by Gasteiger charge is -2.28. The van der Waals surface area contributed by atoms with Crippen LogP contribution in [0.5, 0.6) is 0 Å². The van der Waals surface area contributed by atoms with E-state index in [0.29, 0.717) is 29.5 Å². The predicted molar refractivity (Wildman–Crippen MR) is 135 cm³/mol. The first-order chi connectivity index (χ1) is 15.9. The van der Waals surface area contributed by atoms with E-state index in [1.807, 2.05) is 36.4 Å². The summed E-state index contributed by atoms with van der Waals surface area (Å²) in [4.78, 5) is 16.0. The molecule has 1 saturated heterocycles. The first kappa shape index (κ1) is 23.3. The molecule has 0 saturated carbocycles. The summed E-state index contributed by atoms with van der Waals surface area (Å²) in [6.07, 6.45) is 0. The van der Waals surface area contributed by atoms with Crippen LogP contribution in [-0.2, 0) is 14.8 Å². The maximum absolute atomic E-state index is 13.1. The van der Waals surface area contributed by atoms with E-state index in [0.717, 1.165) is 34.8 Å². The number of thiophene rings is 1. The number of aryl methyl sites for hydroxylation is 1. The van der Waals surface area contributed by atoms with Gasteiger partial charge in [-0.05, 0) is 49.2 Å². The fraction of sp³-hybridized carbons (Fsp3) is 0.292. The number of nitrogens with zero attached hydrogens (tertiary/aromatic N) is 1. The van der Waals surface area contributed by atoms with Crippen molar-refractivity contribution in [2.45, 2.75) is 13.8 Å². The third-order valence-electron chi connectivity index (χ3n) is 5.45. The Balaban J connectivity index is 1.58. The van der Waals surface area contributed by atoms with E-state index in [-0.39, 0.29) is 11.7 Å². The molecule has 1 amide bonds. The molecule has 174 valence electrons. The van der Waals surface area contributed by atoms with E-state index in [4.69, 9.17) is 4.74 Å². The number of hydrogen-bond donors (Lipinski definition) is 2. The molecule has 2 N–H and O–H groups in total. The molecule has 1 fully saturated rings. The van der Waals surface area contributed by atoms with Crippen molar-refractivity contribution >= 4 is 43.6 Å². The van der Waals surface area contributed by atoms with Crippen molar-refractivity contribution in [2.75, 3.05) is 47.0 Å². The van der Waals surface area contributed by atoms with Crippen LogP contribution in [0.15, 0.2) is 54.6 Å². The molecule has 0 bridgehead atoms. The molecule has 3 aromatic rings. The highest BCUT2D eigenvalue weighted by atomic mass is 32.2. The Morgan fingerprint density at radius 1 is 1.09 bits per heavy atom. The largest absolute Gasteiger partial charge is 0.378 e. The van der Waals surface area contributed by atoms with Crippen LogP contribution in [0.1, 0.15) is 22.2 Å². The van der Waals surface area contributed by atoms with Gasteiger partial charge >= 0.3 is 0 Å². The van der Waals surface area contributed by atoms with E-state index in [2.05, 4.69) is 14.9 Å². The minimum atomic E-state index is -3.36. The van der Waals surface area contributed by atoms with E-state index in [9.17, 15) is 13.2 Å². The molecule has 0 unspecified atom stereocenters. The number of amides is 1. The van der Waals surface area contributed by atoms with Gasteiger partial charge in [-0.25, -0.2) is 8.42 Å². The number of benzene rings is 2. The molecule has 2 aromatic carbocycles. The Bertz CT molecular complexity index is 1230. The minimum absolute atomic E-state index is 0.00146. The Kier molecular flexibility index (Phi) is 7.02. The number of morpholine rings is 1. The molecule has 1 aromatic heterocycles. The number of anilines is 3. The lowest BCUT2D eigenvalue weighted by atomic mass is 10.1. The van der Waals surface area contributed by atoms with Gasteiger partial charge in [0.1, 0.15) is 0 Å². The van der Waals surface area contributed by atoms with E-state index >= 15 is 0 Å². The summed E-state index contributed by atoms with van der Waals surface area (Å²) >= 11 is 1.47. The highest BCUT2D eigenvalue weighted by molar-refractivity contribution is 7.92. The summed E-state index contributed by atoms with van der Waals surface area (Å²) in [5, 5.41) is 4.01. The van der Waals surface area contributed by atoms with Crippen molar-refractivity contribution < 1.29 is 17.9 Å². The Labute approximate surface area is 198 Å². The number of carbonyl (C=O) groups excluding carboxylic acids is 1. The van der Waals surface area contributed by atoms with Crippen molar-refractivity contribution in [3.63, 3.8) is 0 Å². The molecule has 0 spiro atoms. The summed E-state index contributed by atoms with van der Waals surface area (Å²) in [6, 6.07) is 17.1. The summed E-state index contributed by atoms with van der Waals surface area (Å²) in [5.74, 6) is -0.198. The Morgan fingerprint density at radius 2 is 1.82 bits per heavy atom. The molecule has 0 aliphatic carbocycles. The molecule has 2 heterocycles. The molecule has 4 rings (SSSR count). The van der Waals surface area contributed by atoms with Gasteiger partial charge in [0, 0.05) is 24.3 Å². The number of nitrogens with one attached hydrogen (secondary N) is 2.